The van der Waals surface area contributed by atoms with Crippen LogP contribution in [0.4, 0.5) is 0 Å². The minimum absolute atomic E-state index is 0.0748. The number of esters is 1. The Hall–Kier alpha value is -0.610. The van der Waals surface area contributed by atoms with E-state index < -0.39 is 0 Å². The van der Waals surface area contributed by atoms with Gasteiger partial charge in [-0.05, 0) is 62.3 Å². The van der Waals surface area contributed by atoms with Gasteiger partial charge in [0.05, 0.1) is 12.7 Å². The number of ether oxygens (including phenoxy) is 2. The summed E-state index contributed by atoms with van der Waals surface area (Å²) in [7, 11) is 1.40. The molecule has 3 aliphatic carbocycles. The summed E-state index contributed by atoms with van der Waals surface area (Å²) in [6.07, 6.45) is 5.98. The Labute approximate surface area is 108 Å². The molecule has 4 heteroatoms. The Kier molecular flexibility index (Phi) is 2.55. The second-order valence-electron chi connectivity index (χ2n) is 6.91. The first kappa shape index (κ1) is 12.4. The van der Waals surface area contributed by atoms with Crippen LogP contribution in [0.1, 0.15) is 39.0 Å². The lowest BCUT2D eigenvalue weighted by molar-refractivity contribution is -0.157. The molecule has 0 amide bonds. The van der Waals surface area contributed by atoms with Crippen LogP contribution in [-0.2, 0) is 14.3 Å². The number of carbonyl (C=O) groups excluding carboxylic acids is 1. The van der Waals surface area contributed by atoms with E-state index >= 15 is 0 Å². The Balaban J connectivity index is 1.68. The van der Waals surface area contributed by atoms with Gasteiger partial charge in [0.2, 0.25) is 0 Å². The highest BCUT2D eigenvalue weighted by Gasteiger charge is 2.74. The molecule has 3 rings (SSSR count). The SMILES string of the molecule is COC(=O)COC1(C)CC2CC3(CN)CC3(C2)C1. The average Bonchev–Trinajstić information content (AvgIpc) is 2.83. The number of methoxy groups -OCH3 is 1. The lowest BCUT2D eigenvalue weighted by Gasteiger charge is -2.39. The summed E-state index contributed by atoms with van der Waals surface area (Å²) in [5, 5.41) is 0. The fourth-order valence-corrected chi connectivity index (χ4v) is 5.00. The maximum Gasteiger partial charge on any atom is 0.331 e. The van der Waals surface area contributed by atoms with E-state index in [9.17, 15) is 4.79 Å². The molecule has 4 atom stereocenters. The van der Waals surface area contributed by atoms with E-state index in [-0.39, 0.29) is 18.2 Å². The Morgan fingerprint density at radius 2 is 2.11 bits per heavy atom. The molecule has 102 valence electrons. The van der Waals surface area contributed by atoms with E-state index in [0.717, 1.165) is 25.3 Å². The van der Waals surface area contributed by atoms with Crippen LogP contribution < -0.4 is 5.73 Å². The molecule has 0 heterocycles. The van der Waals surface area contributed by atoms with Gasteiger partial charge in [-0.1, -0.05) is 0 Å². The van der Waals surface area contributed by atoms with Crippen molar-refractivity contribution >= 4 is 5.97 Å². The molecule has 0 aromatic rings. The van der Waals surface area contributed by atoms with Gasteiger partial charge >= 0.3 is 5.97 Å². The highest BCUT2D eigenvalue weighted by Crippen LogP contribution is 2.80. The lowest BCUT2D eigenvalue weighted by atomic mass is 9.74. The molecule has 0 radical (unpaired) electrons. The van der Waals surface area contributed by atoms with Gasteiger partial charge in [-0.15, -0.1) is 0 Å². The molecular weight excluding hydrogens is 230 g/mol. The third-order valence-electron chi connectivity index (χ3n) is 5.63. The molecule has 4 nitrogen and oxygen atoms in total. The third kappa shape index (κ3) is 1.62. The van der Waals surface area contributed by atoms with Crippen molar-refractivity contribution in [3.05, 3.63) is 0 Å². The molecule has 0 saturated heterocycles. The monoisotopic (exact) mass is 253 g/mol. The molecule has 18 heavy (non-hydrogen) atoms. The molecule has 3 aliphatic rings. The number of rotatable bonds is 4. The van der Waals surface area contributed by atoms with E-state index in [2.05, 4.69) is 11.7 Å². The van der Waals surface area contributed by atoms with Crippen molar-refractivity contribution in [1.29, 1.82) is 0 Å². The highest BCUT2D eigenvalue weighted by atomic mass is 16.6. The van der Waals surface area contributed by atoms with Crippen molar-refractivity contribution in [1.82, 2.24) is 0 Å². The molecule has 3 saturated carbocycles. The minimum atomic E-state index is -0.285. The maximum atomic E-state index is 11.2. The summed E-state index contributed by atoms with van der Waals surface area (Å²) < 4.78 is 10.5. The molecule has 0 aromatic heterocycles. The zero-order valence-corrected chi connectivity index (χ0v) is 11.3. The zero-order chi connectivity index (χ0) is 13.0. The second-order valence-corrected chi connectivity index (χ2v) is 6.91. The average molecular weight is 253 g/mol. The topological polar surface area (TPSA) is 61.5 Å². The summed E-state index contributed by atoms with van der Waals surface area (Å²) >= 11 is 0. The Bertz CT molecular complexity index is 385. The standard InChI is InChI=1S/C14H23NO3/c1-12(18-6-11(16)17-2)3-10-4-13(7-12)8-14(13,5-10)9-15/h10H,3-9,15H2,1-2H3. The van der Waals surface area contributed by atoms with Crippen molar-refractivity contribution in [2.75, 3.05) is 20.3 Å². The Morgan fingerprint density at radius 1 is 1.33 bits per heavy atom. The largest absolute Gasteiger partial charge is 0.467 e. The van der Waals surface area contributed by atoms with Crippen LogP contribution in [0, 0.1) is 16.7 Å². The first-order valence-corrected chi connectivity index (χ1v) is 6.87. The molecule has 1 spiro atoms. The van der Waals surface area contributed by atoms with Crippen LogP contribution in [0.5, 0.6) is 0 Å². The van der Waals surface area contributed by atoms with Crippen LogP contribution in [0.25, 0.3) is 0 Å². The Morgan fingerprint density at radius 3 is 2.78 bits per heavy atom. The number of carbonyl (C=O) groups is 1. The van der Waals surface area contributed by atoms with Crippen LogP contribution in [0.3, 0.4) is 0 Å². The van der Waals surface area contributed by atoms with E-state index in [1.54, 1.807) is 0 Å². The van der Waals surface area contributed by atoms with Gasteiger partial charge in [-0.2, -0.15) is 0 Å². The van der Waals surface area contributed by atoms with Crippen LogP contribution in [-0.4, -0.2) is 31.8 Å². The van der Waals surface area contributed by atoms with Crippen molar-refractivity contribution in [2.45, 2.75) is 44.6 Å². The van der Waals surface area contributed by atoms with E-state index in [1.165, 1.54) is 26.4 Å². The van der Waals surface area contributed by atoms with Crippen molar-refractivity contribution in [2.24, 2.45) is 22.5 Å². The quantitative estimate of drug-likeness (QED) is 0.771. The predicted octanol–water partition coefficient (Wildman–Crippen LogP) is 1.47. The number of hydrogen-bond acceptors (Lipinski definition) is 4. The van der Waals surface area contributed by atoms with Gasteiger partial charge in [-0.25, -0.2) is 4.79 Å². The summed E-state index contributed by atoms with van der Waals surface area (Å²) in [6.45, 7) is 3.04. The second kappa shape index (κ2) is 3.70. The van der Waals surface area contributed by atoms with E-state index in [4.69, 9.17) is 10.5 Å². The molecule has 0 aliphatic heterocycles. The molecule has 2 bridgehead atoms. The smallest absolute Gasteiger partial charge is 0.331 e. The van der Waals surface area contributed by atoms with Gasteiger partial charge < -0.3 is 15.2 Å². The first-order chi connectivity index (χ1) is 8.46. The van der Waals surface area contributed by atoms with Gasteiger partial charge in [-0.3, -0.25) is 0 Å². The molecule has 0 aromatic carbocycles. The summed E-state index contributed by atoms with van der Waals surface area (Å²) in [5.74, 6) is 0.450. The molecule has 4 unspecified atom stereocenters. The highest BCUT2D eigenvalue weighted by molar-refractivity contribution is 5.70. The van der Waals surface area contributed by atoms with E-state index in [1.807, 2.05) is 0 Å². The normalized spacial score (nSPS) is 48.7. The molecule has 3 fully saturated rings. The van der Waals surface area contributed by atoms with Crippen LogP contribution in [0.2, 0.25) is 0 Å². The summed E-state index contributed by atoms with van der Waals surface area (Å²) in [6, 6.07) is 0. The van der Waals surface area contributed by atoms with Crippen LogP contribution in [0.15, 0.2) is 0 Å². The number of hydrogen-bond donors (Lipinski definition) is 1. The van der Waals surface area contributed by atoms with Gasteiger partial charge in [0, 0.05) is 0 Å². The van der Waals surface area contributed by atoms with Gasteiger partial charge in [0.25, 0.3) is 0 Å². The fraction of sp³-hybridized carbons (Fsp3) is 0.929. The first-order valence-electron chi connectivity index (χ1n) is 6.87. The molecular formula is C14H23NO3. The van der Waals surface area contributed by atoms with E-state index in [0.29, 0.717) is 10.8 Å². The van der Waals surface area contributed by atoms with Crippen molar-refractivity contribution < 1.29 is 14.3 Å². The molecule has 2 N–H and O–H groups in total. The van der Waals surface area contributed by atoms with Crippen molar-refractivity contribution in [3.63, 3.8) is 0 Å². The number of nitrogens with two attached hydrogens (primary N) is 1. The van der Waals surface area contributed by atoms with Crippen molar-refractivity contribution in [3.8, 4) is 0 Å². The predicted molar refractivity (Wildman–Crippen MR) is 66.9 cm³/mol. The maximum absolute atomic E-state index is 11.2. The zero-order valence-electron chi connectivity index (χ0n) is 11.3. The van der Waals surface area contributed by atoms with Gasteiger partial charge in [0.15, 0.2) is 0 Å². The summed E-state index contributed by atoms with van der Waals surface area (Å²) in [4.78, 5) is 11.2. The minimum Gasteiger partial charge on any atom is -0.467 e. The number of fused-ring (bicyclic) bond motifs is 1. The van der Waals surface area contributed by atoms with Crippen LogP contribution >= 0.6 is 0 Å². The third-order valence-corrected chi connectivity index (χ3v) is 5.63. The summed E-state index contributed by atoms with van der Waals surface area (Å²) in [5.41, 5.74) is 6.65. The fourth-order valence-electron chi connectivity index (χ4n) is 5.00. The lowest BCUT2D eigenvalue weighted by Crippen LogP contribution is -2.39. The van der Waals surface area contributed by atoms with Gasteiger partial charge in [0.1, 0.15) is 6.61 Å².